The Labute approximate surface area is 188 Å². The molecule has 1 aliphatic rings. The van der Waals surface area contributed by atoms with Crippen molar-refractivity contribution in [1.29, 1.82) is 0 Å². The van der Waals surface area contributed by atoms with Gasteiger partial charge in [0.1, 0.15) is 12.2 Å². The second-order valence-electron chi connectivity index (χ2n) is 7.69. The Morgan fingerprint density at radius 1 is 1.10 bits per heavy atom. The fourth-order valence-electron chi connectivity index (χ4n) is 3.79. The van der Waals surface area contributed by atoms with E-state index in [1.165, 1.54) is 10.4 Å². The Hall–Kier alpha value is -2.71. The first-order chi connectivity index (χ1) is 15.3. The summed E-state index contributed by atoms with van der Waals surface area (Å²) in [5.74, 6) is 2.01. The van der Waals surface area contributed by atoms with Crippen LogP contribution in [-0.4, -0.2) is 63.2 Å². The molecule has 3 heterocycles. The van der Waals surface area contributed by atoms with Gasteiger partial charge in [-0.25, -0.2) is 4.99 Å². The van der Waals surface area contributed by atoms with Gasteiger partial charge in [-0.1, -0.05) is 43.3 Å². The molecule has 31 heavy (non-hydrogen) atoms. The molecule has 0 aliphatic carbocycles. The highest BCUT2D eigenvalue weighted by Gasteiger charge is 2.20. The summed E-state index contributed by atoms with van der Waals surface area (Å²) in [7, 11) is 0. The van der Waals surface area contributed by atoms with Gasteiger partial charge in [-0.05, 0) is 17.0 Å². The quantitative estimate of drug-likeness (QED) is 0.434. The van der Waals surface area contributed by atoms with Gasteiger partial charge in [0.15, 0.2) is 5.96 Å². The molecule has 1 aliphatic heterocycles. The van der Waals surface area contributed by atoms with Crippen LogP contribution in [0.1, 0.15) is 23.2 Å². The lowest BCUT2D eigenvalue weighted by Crippen LogP contribution is -2.52. The Kier molecular flexibility index (Phi) is 7.68. The third-order valence-corrected chi connectivity index (χ3v) is 6.39. The van der Waals surface area contributed by atoms with E-state index in [1.54, 1.807) is 0 Å². The van der Waals surface area contributed by atoms with E-state index in [1.807, 2.05) is 23.7 Å². The summed E-state index contributed by atoms with van der Waals surface area (Å²) in [5.41, 5.74) is 1.23. The van der Waals surface area contributed by atoms with Crippen LogP contribution in [0.2, 0.25) is 0 Å². The van der Waals surface area contributed by atoms with Crippen molar-refractivity contribution in [2.45, 2.75) is 33.0 Å². The molecule has 0 saturated carbocycles. The van der Waals surface area contributed by atoms with Crippen LogP contribution in [0.25, 0.3) is 0 Å². The van der Waals surface area contributed by atoms with Crippen molar-refractivity contribution in [3.8, 4) is 0 Å². The van der Waals surface area contributed by atoms with Crippen molar-refractivity contribution in [2.75, 3.05) is 32.7 Å². The van der Waals surface area contributed by atoms with Gasteiger partial charge in [-0.2, -0.15) is 0 Å². The maximum absolute atomic E-state index is 4.95. The Balaban J connectivity index is 1.36. The van der Waals surface area contributed by atoms with Crippen LogP contribution in [0, 0.1) is 0 Å². The Morgan fingerprint density at radius 3 is 2.68 bits per heavy atom. The summed E-state index contributed by atoms with van der Waals surface area (Å²) in [5, 5.41) is 14.0. The number of nitrogens with one attached hydrogen (secondary N) is 1. The molecule has 7 nitrogen and oxygen atoms in total. The molecule has 0 amide bonds. The summed E-state index contributed by atoms with van der Waals surface area (Å²) in [6.07, 6.45) is 2.70. The minimum absolute atomic E-state index is 0.686. The van der Waals surface area contributed by atoms with E-state index < -0.39 is 0 Å². The monoisotopic (exact) mass is 437 g/mol. The molecule has 1 N–H and O–H groups in total. The summed E-state index contributed by atoms with van der Waals surface area (Å²) in [4.78, 5) is 11.3. The van der Waals surface area contributed by atoms with Crippen molar-refractivity contribution in [2.24, 2.45) is 4.99 Å². The SMILES string of the molecule is CCc1nncn1CCNC(=NCc1ccccc1)N1CCN(Cc2cccs2)CC1. The van der Waals surface area contributed by atoms with Crippen LogP contribution in [0.5, 0.6) is 0 Å². The molecule has 0 bridgehead atoms. The number of thiophene rings is 1. The van der Waals surface area contributed by atoms with E-state index in [0.29, 0.717) is 6.54 Å². The van der Waals surface area contributed by atoms with Gasteiger partial charge in [0.05, 0.1) is 6.54 Å². The van der Waals surface area contributed by atoms with Crippen molar-refractivity contribution < 1.29 is 0 Å². The second-order valence-corrected chi connectivity index (χ2v) is 8.72. The zero-order valence-electron chi connectivity index (χ0n) is 18.2. The van der Waals surface area contributed by atoms with Crippen LogP contribution in [0.15, 0.2) is 59.2 Å². The predicted octanol–water partition coefficient (Wildman–Crippen LogP) is 2.87. The third kappa shape index (κ3) is 6.15. The molecule has 0 radical (unpaired) electrons. The molecule has 4 rings (SSSR count). The van der Waals surface area contributed by atoms with Gasteiger partial charge in [0.2, 0.25) is 0 Å². The van der Waals surface area contributed by atoms with Crippen LogP contribution >= 0.6 is 11.3 Å². The highest BCUT2D eigenvalue weighted by atomic mass is 32.1. The maximum Gasteiger partial charge on any atom is 0.194 e. The highest BCUT2D eigenvalue weighted by molar-refractivity contribution is 7.09. The fourth-order valence-corrected chi connectivity index (χ4v) is 4.53. The molecule has 1 saturated heterocycles. The first-order valence-electron chi connectivity index (χ1n) is 11.0. The Bertz CT molecular complexity index is 928. The van der Waals surface area contributed by atoms with Crippen LogP contribution in [-0.2, 0) is 26.1 Å². The summed E-state index contributed by atoms with van der Waals surface area (Å²) in [6, 6.07) is 14.8. The van der Waals surface area contributed by atoms with Gasteiger partial charge in [-0.15, -0.1) is 21.5 Å². The lowest BCUT2D eigenvalue weighted by atomic mass is 10.2. The first-order valence-corrected chi connectivity index (χ1v) is 11.9. The van der Waals surface area contributed by atoms with E-state index in [9.17, 15) is 0 Å². The molecule has 164 valence electrons. The van der Waals surface area contributed by atoms with Crippen LogP contribution in [0.3, 0.4) is 0 Å². The molecule has 3 aromatic rings. The van der Waals surface area contributed by atoms with E-state index in [-0.39, 0.29) is 0 Å². The number of aryl methyl sites for hydroxylation is 1. The number of hydrogen-bond donors (Lipinski definition) is 1. The normalized spacial score (nSPS) is 15.4. The minimum Gasteiger partial charge on any atom is -0.354 e. The average molecular weight is 438 g/mol. The number of benzene rings is 1. The second kappa shape index (κ2) is 11.1. The number of aromatic nitrogens is 3. The van der Waals surface area contributed by atoms with Gasteiger partial charge in [0, 0.05) is 57.1 Å². The molecule has 0 spiro atoms. The molecule has 8 heteroatoms. The molecule has 2 aromatic heterocycles. The lowest BCUT2D eigenvalue weighted by molar-refractivity contribution is 0.173. The van der Waals surface area contributed by atoms with Crippen LogP contribution in [0.4, 0.5) is 0 Å². The smallest absolute Gasteiger partial charge is 0.194 e. The summed E-state index contributed by atoms with van der Waals surface area (Å²) < 4.78 is 2.11. The van der Waals surface area contributed by atoms with E-state index in [2.05, 4.69) is 78.6 Å². The van der Waals surface area contributed by atoms with E-state index in [4.69, 9.17) is 4.99 Å². The molecular formula is C23H31N7S. The Morgan fingerprint density at radius 2 is 1.94 bits per heavy atom. The van der Waals surface area contributed by atoms with Gasteiger partial charge < -0.3 is 14.8 Å². The number of rotatable bonds is 8. The molecule has 1 aromatic carbocycles. The molecule has 0 atom stereocenters. The molecular weight excluding hydrogens is 406 g/mol. The zero-order valence-corrected chi connectivity index (χ0v) is 19.0. The third-order valence-electron chi connectivity index (χ3n) is 5.53. The number of nitrogens with zero attached hydrogens (tertiary/aromatic N) is 6. The van der Waals surface area contributed by atoms with Gasteiger partial charge in [0.25, 0.3) is 0 Å². The number of piperazine rings is 1. The zero-order chi connectivity index (χ0) is 21.3. The van der Waals surface area contributed by atoms with Gasteiger partial charge in [-0.3, -0.25) is 4.90 Å². The van der Waals surface area contributed by atoms with Gasteiger partial charge >= 0.3 is 0 Å². The highest BCUT2D eigenvalue weighted by Crippen LogP contribution is 2.14. The predicted molar refractivity (Wildman–Crippen MR) is 126 cm³/mol. The molecule has 1 fully saturated rings. The first kappa shape index (κ1) is 21.5. The average Bonchev–Trinajstić information content (AvgIpc) is 3.49. The maximum atomic E-state index is 4.95. The van der Waals surface area contributed by atoms with Crippen LogP contribution < -0.4 is 5.32 Å². The summed E-state index contributed by atoms with van der Waals surface area (Å²) in [6.45, 7) is 9.54. The van der Waals surface area contributed by atoms with E-state index in [0.717, 1.165) is 64.0 Å². The summed E-state index contributed by atoms with van der Waals surface area (Å²) >= 11 is 1.84. The number of aliphatic imine (C=N–C) groups is 1. The van der Waals surface area contributed by atoms with Crippen molar-refractivity contribution in [1.82, 2.24) is 29.9 Å². The fraction of sp³-hybridized carbons (Fsp3) is 0.435. The van der Waals surface area contributed by atoms with Crippen molar-refractivity contribution >= 4 is 17.3 Å². The minimum atomic E-state index is 0.686. The molecule has 0 unspecified atom stereocenters. The topological polar surface area (TPSA) is 61.6 Å². The number of hydrogen-bond acceptors (Lipinski definition) is 5. The van der Waals surface area contributed by atoms with E-state index >= 15 is 0 Å². The standard InChI is InChI=1S/C23H31N7S/c1-2-22-27-26-19-30(22)11-10-24-23(25-17-20-7-4-3-5-8-20)29-14-12-28(13-15-29)18-21-9-6-16-31-21/h3-9,16,19H,2,10-15,17-18H2,1H3,(H,24,25). The largest absolute Gasteiger partial charge is 0.354 e. The van der Waals surface area contributed by atoms with Crippen molar-refractivity contribution in [3.63, 3.8) is 0 Å². The van der Waals surface area contributed by atoms with Crippen molar-refractivity contribution in [3.05, 3.63) is 70.4 Å². The number of guanidine groups is 1. The lowest BCUT2D eigenvalue weighted by Gasteiger charge is -2.36.